The van der Waals surface area contributed by atoms with Crippen LogP contribution in [0.2, 0.25) is 0 Å². The fourth-order valence-electron chi connectivity index (χ4n) is 3.22. The van der Waals surface area contributed by atoms with Crippen LogP contribution in [0.5, 0.6) is 5.88 Å². The summed E-state index contributed by atoms with van der Waals surface area (Å²) >= 11 is 0. The largest absolute Gasteiger partial charge is 0.481 e. The summed E-state index contributed by atoms with van der Waals surface area (Å²) in [5, 5.41) is 8.74. The average molecular weight is 453 g/mol. The number of hydrogen-bond donors (Lipinski definition) is 1. The molecule has 0 atom stereocenters. The molecule has 33 heavy (non-hydrogen) atoms. The zero-order valence-electron chi connectivity index (χ0n) is 20.9. The van der Waals surface area contributed by atoms with Crippen LogP contribution < -0.4 is 4.74 Å². The van der Waals surface area contributed by atoms with E-state index >= 15 is 0 Å². The molecule has 0 saturated carbocycles. The number of benzene rings is 1. The molecule has 0 aliphatic carbocycles. The maximum Gasteiger partial charge on any atom is 0.303 e. The first-order valence-corrected chi connectivity index (χ1v) is 11.0. The number of unbranched alkanes of at least 4 members (excludes halogenated alkanes) is 2. The van der Waals surface area contributed by atoms with Crippen LogP contribution in [0.4, 0.5) is 0 Å². The number of aromatic nitrogens is 1. The lowest BCUT2D eigenvalue weighted by Crippen LogP contribution is -2.36. The van der Waals surface area contributed by atoms with Gasteiger partial charge in [0.1, 0.15) is 5.76 Å². The van der Waals surface area contributed by atoms with Gasteiger partial charge in [0.15, 0.2) is 0 Å². The predicted molar refractivity (Wildman–Crippen MR) is 125 cm³/mol. The quantitative estimate of drug-likeness (QED) is 0.369. The zero-order valence-corrected chi connectivity index (χ0v) is 18.9. The third kappa shape index (κ3) is 6.94. The number of carboxylic acids is 1. The topological polar surface area (TPSA) is 92.9 Å². The summed E-state index contributed by atoms with van der Waals surface area (Å²) in [5.74, 6) is -0.498. The number of rotatable bonds is 12. The molecule has 0 spiro atoms. The third-order valence-corrected chi connectivity index (χ3v) is 4.96. The fourth-order valence-corrected chi connectivity index (χ4v) is 3.22. The third-order valence-electron chi connectivity index (χ3n) is 4.96. The van der Waals surface area contributed by atoms with Gasteiger partial charge in [0, 0.05) is 35.3 Å². The van der Waals surface area contributed by atoms with Crippen LogP contribution >= 0.6 is 0 Å². The smallest absolute Gasteiger partial charge is 0.303 e. The normalized spacial score (nSPS) is 12.2. The van der Waals surface area contributed by atoms with Gasteiger partial charge in [-0.25, -0.2) is 4.98 Å². The molecule has 1 aromatic carbocycles. The van der Waals surface area contributed by atoms with Gasteiger partial charge in [0.2, 0.25) is 5.88 Å². The second-order valence-electron chi connectivity index (χ2n) is 7.84. The van der Waals surface area contributed by atoms with Gasteiger partial charge in [-0.1, -0.05) is 18.2 Å². The molecule has 1 amide bonds. The summed E-state index contributed by atoms with van der Waals surface area (Å²) in [6, 6.07) is 13.2. The summed E-state index contributed by atoms with van der Waals surface area (Å²) in [4.78, 5) is 29.5. The van der Waals surface area contributed by atoms with E-state index in [1.54, 1.807) is 62.6 Å². The minimum atomic E-state index is -2.20. The molecule has 0 bridgehead atoms. The molecule has 7 heteroatoms. The van der Waals surface area contributed by atoms with Crippen molar-refractivity contribution in [1.29, 1.82) is 0 Å². The molecule has 0 radical (unpaired) electrons. The van der Waals surface area contributed by atoms with E-state index in [1.165, 1.54) is 11.1 Å². The molecule has 2 aromatic heterocycles. The van der Waals surface area contributed by atoms with Gasteiger partial charge in [-0.05, 0) is 63.4 Å². The van der Waals surface area contributed by atoms with Crippen LogP contribution in [0.25, 0.3) is 11.3 Å². The first-order chi connectivity index (χ1) is 16.7. The monoisotopic (exact) mass is 452 g/mol. The molecule has 0 unspecified atom stereocenters. The fraction of sp³-hybridized carbons (Fsp3) is 0.346. The van der Waals surface area contributed by atoms with Gasteiger partial charge in [0.05, 0.1) is 22.1 Å². The number of amides is 1. The second kappa shape index (κ2) is 11.9. The zero-order chi connectivity index (χ0) is 25.4. The Labute approximate surface area is 196 Å². The number of ether oxygens (including phenoxy) is 1. The van der Waals surface area contributed by atoms with Gasteiger partial charge < -0.3 is 19.2 Å². The molecule has 7 nitrogen and oxygen atoms in total. The molecule has 174 valence electrons. The number of carbonyl (C=O) groups is 2. The van der Waals surface area contributed by atoms with Crippen molar-refractivity contribution in [3.63, 3.8) is 0 Å². The summed E-state index contributed by atoms with van der Waals surface area (Å²) in [5.41, 5.74) is 1.32. The van der Waals surface area contributed by atoms with Crippen LogP contribution in [-0.4, -0.2) is 39.5 Å². The Hall–Kier alpha value is -3.61. The summed E-state index contributed by atoms with van der Waals surface area (Å²) in [6.07, 6.45) is 5.02. The Morgan fingerprint density at radius 1 is 1.12 bits per heavy atom. The Morgan fingerprint density at radius 3 is 2.58 bits per heavy atom. The molecule has 0 fully saturated rings. The number of furan rings is 1. The maximum absolute atomic E-state index is 13.5. The number of pyridine rings is 1. The molecule has 3 aromatic rings. The van der Waals surface area contributed by atoms with E-state index in [0.29, 0.717) is 30.6 Å². The first kappa shape index (κ1) is 21.2. The highest BCUT2D eigenvalue weighted by Gasteiger charge is 2.21. The molecular formula is C26H30N2O5. The lowest BCUT2D eigenvalue weighted by molar-refractivity contribution is -0.137. The highest BCUT2D eigenvalue weighted by molar-refractivity contribution is 5.94. The molecular weight excluding hydrogens is 420 g/mol. The second-order valence-corrected chi connectivity index (χ2v) is 7.84. The van der Waals surface area contributed by atoms with Crippen molar-refractivity contribution in [2.45, 2.75) is 52.1 Å². The Bertz CT molecular complexity index is 1120. The van der Waals surface area contributed by atoms with E-state index in [0.717, 1.165) is 5.56 Å². The van der Waals surface area contributed by atoms with Crippen molar-refractivity contribution in [3.8, 4) is 17.2 Å². The Morgan fingerprint density at radius 2 is 1.91 bits per heavy atom. The van der Waals surface area contributed by atoms with E-state index in [1.807, 2.05) is 6.07 Å². The first-order valence-electron chi connectivity index (χ1n) is 12.0. The predicted octanol–water partition coefficient (Wildman–Crippen LogP) is 5.42. The van der Waals surface area contributed by atoms with E-state index < -0.39 is 24.4 Å². The van der Waals surface area contributed by atoms with Crippen LogP contribution in [0.15, 0.2) is 65.4 Å². The molecule has 0 aliphatic heterocycles. The summed E-state index contributed by atoms with van der Waals surface area (Å²) in [7, 11) is 0. The number of nitrogens with zero attached hydrogens (tertiary/aromatic N) is 2. The van der Waals surface area contributed by atoms with Gasteiger partial charge >= 0.3 is 5.97 Å². The minimum absolute atomic E-state index is 0.103. The SMILES string of the molecule is [2H]C([2H])(c1cccnc1OCCCCCC(=O)O)N(C(=O)c1ccc(-c2ccco2)cc1)C(C)C. The summed E-state index contributed by atoms with van der Waals surface area (Å²) < 4.78 is 28.9. The van der Waals surface area contributed by atoms with Crippen molar-refractivity contribution in [3.05, 3.63) is 72.1 Å². The van der Waals surface area contributed by atoms with Crippen LogP contribution in [0.1, 0.15) is 58.2 Å². The van der Waals surface area contributed by atoms with Crippen molar-refractivity contribution in [2.24, 2.45) is 0 Å². The van der Waals surface area contributed by atoms with E-state index in [9.17, 15) is 9.59 Å². The molecule has 2 heterocycles. The minimum Gasteiger partial charge on any atom is -0.481 e. The van der Waals surface area contributed by atoms with Gasteiger partial charge in [-0.3, -0.25) is 9.59 Å². The van der Waals surface area contributed by atoms with Crippen molar-refractivity contribution >= 4 is 11.9 Å². The van der Waals surface area contributed by atoms with Crippen LogP contribution in [0.3, 0.4) is 0 Å². The molecule has 0 aliphatic rings. The highest BCUT2D eigenvalue weighted by atomic mass is 16.5. The van der Waals surface area contributed by atoms with Gasteiger partial charge in [0.25, 0.3) is 5.91 Å². The van der Waals surface area contributed by atoms with E-state index in [4.69, 9.17) is 17.0 Å². The Balaban J connectivity index is 1.78. The lowest BCUT2D eigenvalue weighted by atomic mass is 10.1. The number of aliphatic carboxylic acids is 1. The molecule has 1 N–H and O–H groups in total. The van der Waals surface area contributed by atoms with Crippen molar-refractivity contribution in [1.82, 2.24) is 9.88 Å². The highest BCUT2D eigenvalue weighted by Crippen LogP contribution is 2.23. The number of hydrogen-bond acceptors (Lipinski definition) is 5. The lowest BCUT2D eigenvalue weighted by Gasteiger charge is -2.27. The standard InChI is InChI=1S/C26H30N2O5/c1-19(2)28(26(31)21-13-11-20(12-14-21)23-9-7-17-32-23)18-22-8-6-15-27-25(22)33-16-5-3-4-10-24(29)30/h6-9,11-15,17,19H,3-5,10,16,18H2,1-2H3,(H,29,30)/i18D2. The molecule has 3 rings (SSSR count). The van der Waals surface area contributed by atoms with Gasteiger partial charge in [-0.15, -0.1) is 0 Å². The van der Waals surface area contributed by atoms with Gasteiger partial charge in [-0.2, -0.15) is 0 Å². The number of carbonyl (C=O) groups excluding carboxylic acids is 1. The Kier molecular flexibility index (Phi) is 7.63. The van der Waals surface area contributed by atoms with Crippen LogP contribution in [-0.2, 0) is 11.3 Å². The average Bonchev–Trinajstić information content (AvgIpc) is 3.36. The maximum atomic E-state index is 13.5. The molecule has 0 saturated heterocycles. The van der Waals surface area contributed by atoms with Crippen molar-refractivity contribution in [2.75, 3.05) is 6.61 Å². The van der Waals surface area contributed by atoms with Crippen LogP contribution in [0, 0.1) is 0 Å². The summed E-state index contributed by atoms with van der Waals surface area (Å²) in [6.45, 7) is 1.58. The van der Waals surface area contributed by atoms with E-state index in [-0.39, 0.29) is 24.5 Å². The van der Waals surface area contributed by atoms with Crippen molar-refractivity contribution < 1.29 is 26.6 Å². The van der Waals surface area contributed by atoms with E-state index in [2.05, 4.69) is 4.98 Å². The number of carboxylic acid groups (broad SMARTS) is 1.